The number of hydrogen-bond donors (Lipinski definition) is 0. The highest BCUT2D eigenvalue weighted by Crippen LogP contribution is 2.21. The average molecular weight is 327 g/mol. The topological polar surface area (TPSA) is 55.8 Å². The smallest absolute Gasteiger partial charge is 0.339 e. The minimum Gasteiger partial charge on any atom is -0.444 e. The number of carbonyl (C=O) groups is 2. The summed E-state index contributed by atoms with van der Waals surface area (Å²) in [4.78, 5) is 26.3. The first-order valence-corrected chi connectivity index (χ1v) is 7.58. The Morgan fingerprint density at radius 1 is 1.04 bits per heavy atom. The van der Waals surface area contributed by atoms with Crippen molar-refractivity contribution in [3.63, 3.8) is 0 Å². The number of ether oxygens (including phenoxy) is 2. The van der Waals surface area contributed by atoms with E-state index in [1.165, 1.54) is 4.90 Å². The molecule has 0 bridgehead atoms. The molecule has 0 N–H and O–H groups in total. The van der Waals surface area contributed by atoms with Crippen LogP contribution >= 0.6 is 0 Å². The number of nitrogens with zero attached hydrogens (tertiary/aromatic N) is 1. The van der Waals surface area contributed by atoms with E-state index in [9.17, 15) is 9.59 Å². The first-order valence-electron chi connectivity index (χ1n) is 7.58. The largest absolute Gasteiger partial charge is 0.444 e. The van der Waals surface area contributed by atoms with Crippen molar-refractivity contribution in [2.24, 2.45) is 0 Å². The molecule has 0 aromatic heterocycles. The monoisotopic (exact) mass is 327 g/mol. The van der Waals surface area contributed by atoms with Gasteiger partial charge in [0.05, 0.1) is 12.2 Å². The number of hydrogen-bond acceptors (Lipinski definition) is 4. The Bertz CT molecular complexity index is 698. The standard InChI is InChI=1S/C19H21NO4/c1-20(2)18(21)17(15-9-5-4-6-10-15)24-19(22)16-11-7-8-14(12-16)13-23-3/h4-12,17H,13H2,1-3H3. The molecule has 2 rings (SSSR count). The number of methoxy groups -OCH3 is 1. The van der Waals surface area contributed by atoms with Crippen molar-refractivity contribution in [3.8, 4) is 0 Å². The molecule has 0 saturated heterocycles. The summed E-state index contributed by atoms with van der Waals surface area (Å²) in [5, 5.41) is 0. The molecule has 1 amide bonds. The van der Waals surface area contributed by atoms with Gasteiger partial charge in [0.25, 0.3) is 5.91 Å². The Labute approximate surface area is 141 Å². The molecule has 0 aliphatic heterocycles. The molecule has 5 nitrogen and oxygen atoms in total. The first-order chi connectivity index (χ1) is 11.5. The van der Waals surface area contributed by atoms with Gasteiger partial charge in [-0.15, -0.1) is 0 Å². The van der Waals surface area contributed by atoms with Crippen molar-refractivity contribution in [3.05, 3.63) is 71.3 Å². The minimum atomic E-state index is -0.972. The van der Waals surface area contributed by atoms with Crippen LogP contribution in [0.2, 0.25) is 0 Å². The molecule has 24 heavy (non-hydrogen) atoms. The highest BCUT2D eigenvalue weighted by Gasteiger charge is 2.27. The molecule has 1 atom stereocenters. The van der Waals surface area contributed by atoms with Gasteiger partial charge in [0.2, 0.25) is 6.10 Å². The zero-order valence-corrected chi connectivity index (χ0v) is 14.1. The van der Waals surface area contributed by atoms with Crippen molar-refractivity contribution in [1.82, 2.24) is 4.90 Å². The Balaban J connectivity index is 2.24. The highest BCUT2D eigenvalue weighted by atomic mass is 16.5. The van der Waals surface area contributed by atoms with Crippen molar-refractivity contribution < 1.29 is 19.1 Å². The number of esters is 1. The molecule has 0 aliphatic carbocycles. The Kier molecular flexibility index (Phi) is 6.09. The van der Waals surface area contributed by atoms with Crippen LogP contribution in [0.1, 0.15) is 27.6 Å². The first kappa shape index (κ1) is 17.7. The van der Waals surface area contributed by atoms with Gasteiger partial charge in [0.1, 0.15) is 0 Å². The highest BCUT2D eigenvalue weighted by molar-refractivity contribution is 5.92. The molecule has 1 unspecified atom stereocenters. The van der Waals surface area contributed by atoms with Gasteiger partial charge in [0, 0.05) is 26.8 Å². The second kappa shape index (κ2) is 8.26. The molecule has 2 aromatic rings. The number of carbonyl (C=O) groups excluding carboxylic acids is 2. The summed E-state index contributed by atoms with van der Waals surface area (Å²) >= 11 is 0. The van der Waals surface area contributed by atoms with Gasteiger partial charge in [-0.25, -0.2) is 4.79 Å². The van der Waals surface area contributed by atoms with Crippen molar-refractivity contribution in [2.45, 2.75) is 12.7 Å². The Morgan fingerprint density at radius 2 is 1.75 bits per heavy atom. The van der Waals surface area contributed by atoms with Crippen LogP contribution < -0.4 is 0 Å². The van der Waals surface area contributed by atoms with Crippen LogP contribution in [0.5, 0.6) is 0 Å². The third-order valence-corrected chi connectivity index (χ3v) is 3.47. The van der Waals surface area contributed by atoms with Gasteiger partial charge in [0.15, 0.2) is 0 Å². The predicted molar refractivity (Wildman–Crippen MR) is 90.4 cm³/mol. The average Bonchev–Trinajstić information content (AvgIpc) is 2.60. The fraction of sp³-hybridized carbons (Fsp3) is 0.263. The fourth-order valence-corrected chi connectivity index (χ4v) is 2.25. The maximum Gasteiger partial charge on any atom is 0.339 e. The van der Waals surface area contributed by atoms with Crippen LogP contribution in [0, 0.1) is 0 Å². The predicted octanol–water partition coefficient (Wildman–Crippen LogP) is 2.82. The number of benzene rings is 2. The third kappa shape index (κ3) is 4.43. The molecule has 2 aromatic carbocycles. The van der Waals surface area contributed by atoms with Crippen molar-refractivity contribution in [1.29, 1.82) is 0 Å². The molecule has 0 spiro atoms. The quantitative estimate of drug-likeness (QED) is 0.766. The van der Waals surface area contributed by atoms with Gasteiger partial charge < -0.3 is 14.4 Å². The van der Waals surface area contributed by atoms with E-state index in [4.69, 9.17) is 9.47 Å². The maximum absolute atomic E-state index is 12.5. The van der Waals surface area contributed by atoms with E-state index in [1.807, 2.05) is 12.1 Å². The van der Waals surface area contributed by atoms with E-state index in [0.717, 1.165) is 5.56 Å². The summed E-state index contributed by atoms with van der Waals surface area (Å²) in [5.74, 6) is -0.834. The summed E-state index contributed by atoms with van der Waals surface area (Å²) in [6.45, 7) is 0.403. The molecular formula is C19H21NO4. The summed E-state index contributed by atoms with van der Waals surface area (Å²) in [6.07, 6.45) is -0.972. The van der Waals surface area contributed by atoms with Crippen molar-refractivity contribution >= 4 is 11.9 Å². The van der Waals surface area contributed by atoms with Crippen LogP contribution in [0.25, 0.3) is 0 Å². The van der Waals surface area contributed by atoms with Crippen LogP contribution in [0.3, 0.4) is 0 Å². The second-order valence-electron chi connectivity index (χ2n) is 5.56. The second-order valence-corrected chi connectivity index (χ2v) is 5.56. The van der Waals surface area contributed by atoms with Gasteiger partial charge in [-0.05, 0) is 17.7 Å². The maximum atomic E-state index is 12.5. The van der Waals surface area contributed by atoms with Crippen LogP contribution in [-0.4, -0.2) is 38.0 Å². The van der Waals surface area contributed by atoms with Gasteiger partial charge in [-0.1, -0.05) is 42.5 Å². The SMILES string of the molecule is COCc1cccc(C(=O)OC(C(=O)N(C)C)c2ccccc2)c1. The molecule has 0 aliphatic rings. The molecule has 126 valence electrons. The fourth-order valence-electron chi connectivity index (χ4n) is 2.25. The van der Waals surface area contributed by atoms with E-state index in [-0.39, 0.29) is 5.91 Å². The lowest BCUT2D eigenvalue weighted by Crippen LogP contribution is -2.31. The van der Waals surface area contributed by atoms with Gasteiger partial charge in [-0.2, -0.15) is 0 Å². The summed E-state index contributed by atoms with van der Waals surface area (Å²) < 4.78 is 10.6. The molecule has 5 heteroatoms. The zero-order chi connectivity index (χ0) is 17.5. The molecule has 0 heterocycles. The Hall–Kier alpha value is -2.66. The van der Waals surface area contributed by atoms with E-state index < -0.39 is 12.1 Å². The number of likely N-dealkylation sites (N-methyl/N-ethyl adjacent to an activating group) is 1. The van der Waals surface area contributed by atoms with Gasteiger partial charge >= 0.3 is 5.97 Å². The van der Waals surface area contributed by atoms with E-state index in [0.29, 0.717) is 17.7 Å². The lowest BCUT2D eigenvalue weighted by atomic mass is 10.1. The van der Waals surface area contributed by atoms with Crippen LogP contribution in [0.15, 0.2) is 54.6 Å². The van der Waals surface area contributed by atoms with E-state index >= 15 is 0 Å². The van der Waals surface area contributed by atoms with Crippen molar-refractivity contribution in [2.75, 3.05) is 21.2 Å². The summed E-state index contributed by atoms with van der Waals surface area (Å²) in [7, 11) is 4.85. The van der Waals surface area contributed by atoms with Crippen LogP contribution in [0.4, 0.5) is 0 Å². The number of rotatable bonds is 6. The zero-order valence-electron chi connectivity index (χ0n) is 14.1. The molecular weight excluding hydrogens is 306 g/mol. The summed E-state index contributed by atoms with van der Waals surface area (Å²) in [6, 6.07) is 16.0. The van der Waals surface area contributed by atoms with E-state index in [1.54, 1.807) is 63.7 Å². The van der Waals surface area contributed by atoms with Crippen LogP contribution in [-0.2, 0) is 20.9 Å². The molecule has 0 fully saturated rings. The lowest BCUT2D eigenvalue weighted by molar-refractivity contribution is -0.138. The van der Waals surface area contributed by atoms with E-state index in [2.05, 4.69) is 0 Å². The molecule has 0 saturated carbocycles. The third-order valence-electron chi connectivity index (χ3n) is 3.47. The van der Waals surface area contributed by atoms with Gasteiger partial charge in [-0.3, -0.25) is 4.79 Å². The normalized spacial score (nSPS) is 11.6. The Morgan fingerprint density at radius 3 is 2.38 bits per heavy atom. The molecule has 0 radical (unpaired) electrons. The number of amides is 1. The summed E-state index contributed by atoms with van der Waals surface area (Å²) in [5.41, 5.74) is 1.89. The minimum absolute atomic E-state index is 0.289. The lowest BCUT2D eigenvalue weighted by Gasteiger charge is -2.21.